The number of hydrogen-bond acceptors (Lipinski definition) is 5. The van der Waals surface area contributed by atoms with E-state index < -0.39 is 0 Å². The van der Waals surface area contributed by atoms with E-state index in [1.165, 1.54) is 0 Å². The van der Waals surface area contributed by atoms with E-state index in [0.717, 1.165) is 76.1 Å². The van der Waals surface area contributed by atoms with Crippen molar-refractivity contribution >= 4 is 29.9 Å². The number of aliphatic imine (C=N–C) groups is 1. The molecule has 1 aliphatic rings. The molecule has 1 saturated heterocycles. The Hall–Kier alpha value is -1.10. The first kappa shape index (κ1) is 26.9. The van der Waals surface area contributed by atoms with Crippen LogP contribution in [0.3, 0.4) is 0 Å². The molecule has 172 valence electrons. The lowest BCUT2D eigenvalue weighted by Gasteiger charge is -2.21. The second-order valence-corrected chi connectivity index (χ2v) is 7.09. The van der Waals surface area contributed by atoms with Crippen molar-refractivity contribution in [3.8, 4) is 5.75 Å². The minimum Gasteiger partial charge on any atom is -0.491 e. The first-order chi connectivity index (χ1) is 14.3. The van der Waals surface area contributed by atoms with E-state index in [9.17, 15) is 0 Å². The number of rotatable bonds is 13. The highest BCUT2D eigenvalue weighted by Gasteiger charge is 2.13. The van der Waals surface area contributed by atoms with Crippen molar-refractivity contribution < 1.29 is 18.9 Å². The highest BCUT2D eigenvalue weighted by molar-refractivity contribution is 14.0. The minimum atomic E-state index is 0. The van der Waals surface area contributed by atoms with Crippen molar-refractivity contribution in [2.24, 2.45) is 10.9 Å². The zero-order valence-electron chi connectivity index (χ0n) is 18.4. The Balaban J connectivity index is 0.00000450. The Morgan fingerprint density at radius 1 is 1.10 bits per heavy atom. The van der Waals surface area contributed by atoms with Crippen LogP contribution < -0.4 is 15.4 Å². The van der Waals surface area contributed by atoms with Crippen LogP contribution in [0.2, 0.25) is 0 Å². The molecule has 7 nitrogen and oxygen atoms in total. The summed E-state index contributed by atoms with van der Waals surface area (Å²) in [5.74, 6) is 2.34. The molecule has 0 spiro atoms. The van der Waals surface area contributed by atoms with Crippen LogP contribution in [0.5, 0.6) is 5.75 Å². The van der Waals surface area contributed by atoms with E-state index in [1.54, 1.807) is 7.11 Å². The van der Waals surface area contributed by atoms with E-state index in [0.29, 0.717) is 25.7 Å². The van der Waals surface area contributed by atoms with Gasteiger partial charge in [0.05, 0.1) is 13.2 Å². The highest BCUT2D eigenvalue weighted by Crippen LogP contribution is 2.15. The first-order valence-corrected chi connectivity index (χ1v) is 10.7. The summed E-state index contributed by atoms with van der Waals surface area (Å²) in [5, 5.41) is 6.66. The Morgan fingerprint density at radius 3 is 2.57 bits per heavy atom. The van der Waals surface area contributed by atoms with Gasteiger partial charge in [-0.3, -0.25) is 0 Å². The van der Waals surface area contributed by atoms with E-state index >= 15 is 0 Å². The predicted molar refractivity (Wildman–Crippen MR) is 131 cm³/mol. The molecular weight excluding hydrogens is 497 g/mol. The van der Waals surface area contributed by atoms with Crippen LogP contribution in [-0.4, -0.2) is 65.8 Å². The second kappa shape index (κ2) is 17.6. The van der Waals surface area contributed by atoms with Gasteiger partial charge in [-0.2, -0.15) is 0 Å². The van der Waals surface area contributed by atoms with Crippen molar-refractivity contribution in [3.63, 3.8) is 0 Å². The van der Waals surface area contributed by atoms with Crippen molar-refractivity contribution in [3.05, 3.63) is 29.8 Å². The van der Waals surface area contributed by atoms with Crippen molar-refractivity contribution in [1.82, 2.24) is 10.6 Å². The van der Waals surface area contributed by atoms with Crippen molar-refractivity contribution in [2.75, 3.05) is 59.8 Å². The number of ether oxygens (including phenoxy) is 4. The van der Waals surface area contributed by atoms with Gasteiger partial charge in [0, 0.05) is 46.6 Å². The maximum Gasteiger partial charge on any atom is 0.191 e. The number of halogens is 1. The average molecular weight is 535 g/mol. The molecule has 1 aromatic rings. The fraction of sp³-hybridized carbons (Fsp3) is 0.682. The third-order valence-electron chi connectivity index (χ3n) is 4.70. The molecule has 0 unspecified atom stereocenters. The van der Waals surface area contributed by atoms with Gasteiger partial charge in [-0.25, -0.2) is 4.99 Å². The Morgan fingerprint density at radius 2 is 1.87 bits per heavy atom. The lowest BCUT2D eigenvalue weighted by Crippen LogP contribution is -2.38. The van der Waals surface area contributed by atoms with Crippen LogP contribution in [0.1, 0.15) is 31.7 Å². The molecule has 0 bridgehead atoms. The Kier molecular flexibility index (Phi) is 15.8. The zero-order valence-corrected chi connectivity index (χ0v) is 20.7. The monoisotopic (exact) mass is 535 g/mol. The summed E-state index contributed by atoms with van der Waals surface area (Å²) in [6.07, 6.45) is 3.20. The third-order valence-corrected chi connectivity index (χ3v) is 4.70. The molecule has 0 atom stereocenters. The van der Waals surface area contributed by atoms with Crippen LogP contribution >= 0.6 is 24.0 Å². The standard InChI is InChI=1S/C22H37N3O4.HI/c1-3-23-22(24-11-4-12-28-18-20-9-13-27-14-10-20)25-17-19-5-7-21(8-6-19)29-16-15-26-2;/h5-8,20H,3-4,9-18H2,1-2H3,(H2,23,24,25);1H. The van der Waals surface area contributed by atoms with Gasteiger partial charge in [0.2, 0.25) is 0 Å². The molecule has 0 saturated carbocycles. The maximum absolute atomic E-state index is 5.81. The molecule has 30 heavy (non-hydrogen) atoms. The zero-order chi connectivity index (χ0) is 20.6. The van der Waals surface area contributed by atoms with Gasteiger partial charge in [0.25, 0.3) is 0 Å². The molecule has 1 heterocycles. The number of guanidine groups is 1. The molecule has 2 N–H and O–H groups in total. The smallest absolute Gasteiger partial charge is 0.191 e. The van der Waals surface area contributed by atoms with Crippen LogP contribution in [-0.2, 0) is 20.8 Å². The predicted octanol–water partition coefficient (Wildman–Crippen LogP) is 3.22. The minimum absolute atomic E-state index is 0. The second-order valence-electron chi connectivity index (χ2n) is 7.09. The molecule has 1 aromatic carbocycles. The largest absolute Gasteiger partial charge is 0.491 e. The molecule has 8 heteroatoms. The van der Waals surface area contributed by atoms with E-state index in [1.807, 2.05) is 24.3 Å². The summed E-state index contributed by atoms with van der Waals surface area (Å²) in [5.41, 5.74) is 1.14. The maximum atomic E-state index is 5.81. The van der Waals surface area contributed by atoms with Gasteiger partial charge in [0.1, 0.15) is 12.4 Å². The van der Waals surface area contributed by atoms with Gasteiger partial charge in [0.15, 0.2) is 5.96 Å². The number of nitrogens with one attached hydrogen (secondary N) is 2. The quantitative estimate of drug-likeness (QED) is 0.175. The summed E-state index contributed by atoms with van der Waals surface area (Å²) in [6.45, 7) is 8.88. The summed E-state index contributed by atoms with van der Waals surface area (Å²) >= 11 is 0. The number of hydrogen-bond donors (Lipinski definition) is 2. The molecule has 0 amide bonds. The number of methoxy groups -OCH3 is 1. The van der Waals surface area contributed by atoms with Gasteiger partial charge in [-0.05, 0) is 49.8 Å². The molecule has 1 aliphatic heterocycles. The van der Waals surface area contributed by atoms with Gasteiger partial charge in [-0.15, -0.1) is 24.0 Å². The third kappa shape index (κ3) is 11.9. The lowest BCUT2D eigenvalue weighted by molar-refractivity contribution is 0.0203. The van der Waals surface area contributed by atoms with Crippen LogP contribution in [0, 0.1) is 5.92 Å². The highest BCUT2D eigenvalue weighted by atomic mass is 127. The summed E-state index contributed by atoms with van der Waals surface area (Å²) in [4.78, 5) is 4.66. The summed E-state index contributed by atoms with van der Waals surface area (Å²) in [6, 6.07) is 8.02. The SMILES string of the molecule is CCNC(=NCc1ccc(OCCOC)cc1)NCCCOCC1CCOCC1.I. The van der Waals surface area contributed by atoms with Crippen molar-refractivity contribution in [2.45, 2.75) is 32.7 Å². The molecule has 2 rings (SSSR count). The molecule has 0 radical (unpaired) electrons. The Bertz CT molecular complexity index is 566. The van der Waals surface area contributed by atoms with Crippen LogP contribution in [0.25, 0.3) is 0 Å². The normalized spacial score (nSPS) is 14.8. The molecule has 0 aromatic heterocycles. The lowest BCUT2D eigenvalue weighted by atomic mass is 10.0. The van der Waals surface area contributed by atoms with Crippen molar-refractivity contribution in [1.29, 1.82) is 0 Å². The van der Waals surface area contributed by atoms with E-state index in [2.05, 4.69) is 22.5 Å². The van der Waals surface area contributed by atoms with Crippen LogP contribution in [0.15, 0.2) is 29.3 Å². The first-order valence-electron chi connectivity index (χ1n) is 10.7. The molecule has 1 fully saturated rings. The Labute approximate surface area is 198 Å². The fourth-order valence-electron chi connectivity index (χ4n) is 2.99. The summed E-state index contributed by atoms with van der Waals surface area (Å²) < 4.78 is 21.8. The number of benzene rings is 1. The summed E-state index contributed by atoms with van der Waals surface area (Å²) in [7, 11) is 1.67. The average Bonchev–Trinajstić information content (AvgIpc) is 2.76. The van der Waals surface area contributed by atoms with Crippen LogP contribution in [0.4, 0.5) is 0 Å². The number of nitrogens with zero attached hydrogens (tertiary/aromatic N) is 1. The van der Waals surface area contributed by atoms with Gasteiger partial charge >= 0.3 is 0 Å². The topological polar surface area (TPSA) is 73.3 Å². The van der Waals surface area contributed by atoms with Gasteiger partial charge < -0.3 is 29.6 Å². The van der Waals surface area contributed by atoms with Gasteiger partial charge in [-0.1, -0.05) is 12.1 Å². The molecular formula is C22H38IN3O4. The molecule has 0 aliphatic carbocycles. The van der Waals surface area contributed by atoms with E-state index in [4.69, 9.17) is 18.9 Å². The van der Waals surface area contributed by atoms with E-state index in [-0.39, 0.29) is 24.0 Å². The fourth-order valence-corrected chi connectivity index (χ4v) is 2.99.